The van der Waals surface area contributed by atoms with Crippen molar-refractivity contribution in [2.24, 2.45) is 0 Å². The molecule has 0 fully saturated rings. The molecule has 19 heavy (non-hydrogen) atoms. The number of rotatable bonds is 2. The summed E-state index contributed by atoms with van der Waals surface area (Å²) in [6.45, 7) is 0. The molecule has 0 saturated carbocycles. The summed E-state index contributed by atoms with van der Waals surface area (Å²) in [5.41, 5.74) is 9.21. The van der Waals surface area contributed by atoms with E-state index < -0.39 is 10.8 Å². The lowest BCUT2D eigenvalue weighted by atomic mass is 10.1. The number of aromatic nitrogens is 3. The molecular weight excluding hydrogens is 260 g/mol. The summed E-state index contributed by atoms with van der Waals surface area (Å²) in [7, 11) is -1.21. The van der Waals surface area contributed by atoms with Crippen LogP contribution in [0.15, 0.2) is 47.8 Å². The second-order valence-electron chi connectivity index (χ2n) is 4.18. The molecule has 0 aliphatic rings. The fraction of sp³-hybridized carbons (Fsp3) is 0.0769. The fourth-order valence-electron chi connectivity index (χ4n) is 1.93. The molecule has 0 bridgehead atoms. The molecular formula is C13H12N4OS. The molecule has 1 aromatic carbocycles. The van der Waals surface area contributed by atoms with Crippen LogP contribution in [0.2, 0.25) is 0 Å². The number of fused-ring (bicyclic) bond motifs is 1. The molecule has 3 rings (SSSR count). The monoisotopic (exact) mass is 272 g/mol. The molecule has 0 aliphatic heterocycles. The lowest BCUT2D eigenvalue weighted by Gasteiger charge is -2.04. The van der Waals surface area contributed by atoms with Gasteiger partial charge in [-0.2, -0.15) is 0 Å². The van der Waals surface area contributed by atoms with Crippen molar-refractivity contribution in [3.63, 3.8) is 0 Å². The van der Waals surface area contributed by atoms with Crippen molar-refractivity contribution in [3.05, 3.63) is 42.6 Å². The number of hydrogen-bond donors (Lipinski definition) is 1. The zero-order chi connectivity index (χ0) is 13.4. The summed E-state index contributed by atoms with van der Waals surface area (Å²) in [4.78, 5) is 4.07. The van der Waals surface area contributed by atoms with Crippen molar-refractivity contribution >= 4 is 22.0 Å². The molecule has 0 spiro atoms. The van der Waals surface area contributed by atoms with Gasteiger partial charge >= 0.3 is 0 Å². The molecule has 3 aromatic rings. The van der Waals surface area contributed by atoms with Gasteiger partial charge in [0.15, 0.2) is 0 Å². The Labute approximate surface area is 112 Å². The Morgan fingerprint density at radius 2 is 2.11 bits per heavy atom. The highest BCUT2D eigenvalue weighted by molar-refractivity contribution is 7.84. The Bertz CT molecular complexity index is 781. The summed E-state index contributed by atoms with van der Waals surface area (Å²) in [6.07, 6.45) is 3.23. The van der Waals surface area contributed by atoms with Crippen LogP contribution in [0.4, 0.5) is 5.69 Å². The second-order valence-corrected chi connectivity index (χ2v) is 5.45. The predicted octanol–water partition coefficient (Wildman–Crippen LogP) is 1.72. The van der Waals surface area contributed by atoms with Crippen LogP contribution in [0.25, 0.3) is 16.8 Å². The van der Waals surface area contributed by atoms with E-state index in [-0.39, 0.29) is 0 Å². The fourth-order valence-corrected chi connectivity index (χ4v) is 2.33. The van der Waals surface area contributed by atoms with Gasteiger partial charge < -0.3 is 5.73 Å². The van der Waals surface area contributed by atoms with Crippen LogP contribution in [0.1, 0.15) is 0 Å². The molecule has 6 heteroatoms. The standard InChI is InChI=1S/C13H12N4OS/c1-19(18)13-15-8-11-5-6-12(17(11)16-13)9-3-2-4-10(14)7-9/h2-8H,14H2,1H3. The van der Waals surface area contributed by atoms with Crippen LogP contribution in [-0.4, -0.2) is 25.1 Å². The van der Waals surface area contributed by atoms with Crippen molar-refractivity contribution in [1.82, 2.24) is 14.6 Å². The van der Waals surface area contributed by atoms with Crippen LogP contribution < -0.4 is 5.73 Å². The first-order valence-electron chi connectivity index (χ1n) is 5.69. The Kier molecular flexibility index (Phi) is 2.79. The number of hydrogen-bond acceptors (Lipinski definition) is 4. The summed E-state index contributed by atoms with van der Waals surface area (Å²) in [6, 6.07) is 11.4. The normalized spacial score (nSPS) is 12.7. The molecule has 2 heterocycles. The molecule has 0 aliphatic carbocycles. The third-order valence-corrected chi connectivity index (χ3v) is 3.52. The maximum Gasteiger partial charge on any atom is 0.237 e. The molecule has 1 unspecified atom stereocenters. The highest BCUT2D eigenvalue weighted by atomic mass is 32.2. The summed E-state index contributed by atoms with van der Waals surface area (Å²) in [5.74, 6) is 0. The van der Waals surface area contributed by atoms with Crippen LogP contribution in [0, 0.1) is 0 Å². The van der Waals surface area contributed by atoms with E-state index in [2.05, 4.69) is 10.1 Å². The van der Waals surface area contributed by atoms with Crippen molar-refractivity contribution in [1.29, 1.82) is 0 Å². The minimum absolute atomic E-state index is 0.314. The third kappa shape index (κ3) is 2.10. The number of nitrogens with two attached hydrogens (primary N) is 1. The van der Waals surface area contributed by atoms with Gasteiger partial charge in [-0.1, -0.05) is 12.1 Å². The van der Waals surface area contributed by atoms with Crippen molar-refractivity contribution < 1.29 is 4.21 Å². The number of nitrogens with zero attached hydrogens (tertiary/aromatic N) is 3. The van der Waals surface area contributed by atoms with E-state index in [9.17, 15) is 4.21 Å². The summed E-state index contributed by atoms with van der Waals surface area (Å²) < 4.78 is 13.2. The van der Waals surface area contributed by atoms with E-state index in [0.29, 0.717) is 10.8 Å². The highest BCUT2D eigenvalue weighted by Crippen LogP contribution is 2.23. The van der Waals surface area contributed by atoms with Crippen molar-refractivity contribution in [3.8, 4) is 11.3 Å². The summed E-state index contributed by atoms with van der Waals surface area (Å²) in [5, 5.41) is 4.62. The maximum absolute atomic E-state index is 11.5. The van der Waals surface area contributed by atoms with E-state index in [4.69, 9.17) is 5.73 Å². The van der Waals surface area contributed by atoms with E-state index in [1.807, 2.05) is 36.4 Å². The van der Waals surface area contributed by atoms with Gasteiger partial charge in [-0.15, -0.1) is 5.10 Å². The molecule has 0 saturated heterocycles. The minimum atomic E-state index is -1.21. The van der Waals surface area contributed by atoms with Crippen LogP contribution >= 0.6 is 0 Å². The van der Waals surface area contributed by atoms with Gasteiger partial charge in [-0.3, -0.25) is 4.21 Å². The largest absolute Gasteiger partial charge is 0.399 e. The Hall–Kier alpha value is -2.21. The average molecular weight is 272 g/mol. The van der Waals surface area contributed by atoms with Gasteiger partial charge in [-0.25, -0.2) is 9.50 Å². The Balaban J connectivity index is 2.24. The van der Waals surface area contributed by atoms with Gasteiger partial charge in [0.05, 0.1) is 28.2 Å². The molecule has 5 nitrogen and oxygen atoms in total. The Morgan fingerprint density at radius 1 is 1.26 bits per heavy atom. The first-order valence-corrected chi connectivity index (χ1v) is 7.25. The van der Waals surface area contributed by atoms with Crippen LogP contribution in [-0.2, 0) is 10.8 Å². The maximum atomic E-state index is 11.5. The Morgan fingerprint density at radius 3 is 2.84 bits per heavy atom. The zero-order valence-corrected chi connectivity index (χ0v) is 11.1. The second kappa shape index (κ2) is 4.47. The molecule has 96 valence electrons. The van der Waals surface area contributed by atoms with Crippen molar-refractivity contribution in [2.75, 3.05) is 12.0 Å². The van der Waals surface area contributed by atoms with Gasteiger partial charge in [0.1, 0.15) is 0 Å². The first-order chi connectivity index (χ1) is 9.15. The van der Waals surface area contributed by atoms with E-state index in [1.165, 1.54) is 0 Å². The van der Waals surface area contributed by atoms with Crippen molar-refractivity contribution in [2.45, 2.75) is 5.16 Å². The molecule has 0 amide bonds. The number of nitrogen functional groups attached to an aromatic ring is 1. The SMILES string of the molecule is CS(=O)c1ncc2ccc(-c3cccc(N)c3)n2n1. The average Bonchev–Trinajstić information content (AvgIpc) is 2.81. The molecule has 0 radical (unpaired) electrons. The van der Waals surface area contributed by atoms with Gasteiger partial charge in [-0.05, 0) is 24.3 Å². The quantitative estimate of drug-likeness (QED) is 0.721. The minimum Gasteiger partial charge on any atom is -0.399 e. The van der Waals surface area contributed by atoms with Gasteiger partial charge in [0, 0.05) is 17.5 Å². The van der Waals surface area contributed by atoms with Crippen LogP contribution in [0.5, 0.6) is 0 Å². The topological polar surface area (TPSA) is 73.3 Å². The summed E-state index contributed by atoms with van der Waals surface area (Å²) >= 11 is 0. The smallest absolute Gasteiger partial charge is 0.237 e. The molecule has 1 atom stereocenters. The number of benzene rings is 1. The van der Waals surface area contributed by atoms with Gasteiger partial charge in [0.25, 0.3) is 0 Å². The lowest BCUT2D eigenvalue weighted by molar-refractivity contribution is 0.672. The predicted molar refractivity (Wildman–Crippen MR) is 75.2 cm³/mol. The van der Waals surface area contributed by atoms with E-state index in [0.717, 1.165) is 16.8 Å². The van der Waals surface area contributed by atoms with Crippen LogP contribution in [0.3, 0.4) is 0 Å². The highest BCUT2D eigenvalue weighted by Gasteiger charge is 2.09. The first kappa shape index (κ1) is 11.9. The van der Waals surface area contributed by atoms with E-state index >= 15 is 0 Å². The molecule has 2 N–H and O–H groups in total. The molecule has 2 aromatic heterocycles. The lowest BCUT2D eigenvalue weighted by Crippen LogP contribution is -2.03. The van der Waals surface area contributed by atoms with Gasteiger partial charge in [0.2, 0.25) is 5.16 Å². The van der Waals surface area contributed by atoms with E-state index in [1.54, 1.807) is 17.0 Å². The zero-order valence-electron chi connectivity index (χ0n) is 10.3. The third-order valence-electron chi connectivity index (χ3n) is 2.82. The number of anilines is 1.